The summed E-state index contributed by atoms with van der Waals surface area (Å²) < 4.78 is 16.9. The van der Waals surface area contributed by atoms with Crippen LogP contribution in [0.4, 0.5) is 4.79 Å². The third-order valence-electron chi connectivity index (χ3n) is 3.42. The first-order valence-electron chi connectivity index (χ1n) is 7.25. The fourth-order valence-electron chi connectivity index (χ4n) is 2.54. The summed E-state index contributed by atoms with van der Waals surface area (Å²) >= 11 is 6.17. The molecule has 5 nitrogen and oxygen atoms in total. The molecule has 3 atom stereocenters. The maximum atomic E-state index is 12.1. The van der Waals surface area contributed by atoms with E-state index in [1.807, 2.05) is 19.1 Å². The lowest BCUT2D eigenvalue weighted by Crippen LogP contribution is -2.44. The van der Waals surface area contributed by atoms with Gasteiger partial charge in [-0.3, -0.25) is 4.21 Å². The fourth-order valence-corrected chi connectivity index (χ4v) is 3.56. The van der Waals surface area contributed by atoms with Gasteiger partial charge in [0, 0.05) is 34.4 Å². The Hall–Kier alpha value is -1.27. The van der Waals surface area contributed by atoms with Gasteiger partial charge < -0.3 is 15.4 Å². The summed E-state index contributed by atoms with van der Waals surface area (Å²) in [5.74, 6) is 1.08. The molecule has 0 saturated carbocycles. The molecule has 0 spiro atoms. The van der Waals surface area contributed by atoms with E-state index in [0.717, 1.165) is 18.4 Å². The van der Waals surface area contributed by atoms with Crippen molar-refractivity contribution in [2.45, 2.75) is 31.8 Å². The second kappa shape index (κ2) is 7.83. The summed E-state index contributed by atoms with van der Waals surface area (Å²) in [7, 11) is -0.941. The fraction of sp³-hybridized carbons (Fsp3) is 0.533. The van der Waals surface area contributed by atoms with Crippen LogP contribution in [0, 0.1) is 0 Å². The van der Waals surface area contributed by atoms with E-state index in [4.69, 9.17) is 16.3 Å². The molecular weight excluding hydrogens is 324 g/mol. The smallest absolute Gasteiger partial charge is 0.315 e. The van der Waals surface area contributed by atoms with E-state index in [1.165, 1.54) is 0 Å². The highest BCUT2D eigenvalue weighted by atomic mass is 35.5. The van der Waals surface area contributed by atoms with Crippen LogP contribution in [-0.4, -0.2) is 34.9 Å². The Bertz CT molecular complexity index is 568. The highest BCUT2D eigenvalue weighted by Crippen LogP contribution is 2.36. The number of carbonyl (C=O) groups excluding carboxylic acids is 1. The van der Waals surface area contributed by atoms with Crippen LogP contribution in [0.15, 0.2) is 18.2 Å². The zero-order valence-corrected chi connectivity index (χ0v) is 14.3. The zero-order chi connectivity index (χ0) is 16.1. The molecule has 22 heavy (non-hydrogen) atoms. The van der Waals surface area contributed by atoms with Gasteiger partial charge in [-0.2, -0.15) is 0 Å². The van der Waals surface area contributed by atoms with Crippen molar-refractivity contribution in [3.63, 3.8) is 0 Å². The van der Waals surface area contributed by atoms with Crippen LogP contribution < -0.4 is 15.4 Å². The molecule has 2 rings (SSSR count). The van der Waals surface area contributed by atoms with Crippen molar-refractivity contribution in [1.82, 2.24) is 10.6 Å². The molecule has 1 aromatic rings. The Kier molecular flexibility index (Phi) is 6.08. The maximum absolute atomic E-state index is 12.1. The van der Waals surface area contributed by atoms with Crippen molar-refractivity contribution in [2.24, 2.45) is 0 Å². The molecule has 1 aliphatic rings. The molecule has 122 valence electrons. The number of fused-ring (bicyclic) bond motifs is 1. The molecule has 1 heterocycles. The molecular formula is C15H21ClN2O3S. The van der Waals surface area contributed by atoms with Crippen LogP contribution in [0.2, 0.25) is 5.02 Å². The van der Waals surface area contributed by atoms with E-state index in [9.17, 15) is 9.00 Å². The first-order chi connectivity index (χ1) is 10.5. The Labute approximate surface area is 138 Å². The molecule has 0 bridgehead atoms. The van der Waals surface area contributed by atoms with Gasteiger partial charge in [0.1, 0.15) is 5.75 Å². The Morgan fingerprint density at radius 3 is 3.05 bits per heavy atom. The topological polar surface area (TPSA) is 67.4 Å². The number of halogens is 1. The minimum absolute atomic E-state index is 0.143. The third-order valence-corrected chi connectivity index (χ3v) is 4.69. The normalized spacial score (nSPS) is 20.0. The zero-order valence-electron chi connectivity index (χ0n) is 12.7. The van der Waals surface area contributed by atoms with E-state index < -0.39 is 10.8 Å². The molecule has 2 amide bonds. The standard InChI is InChI=1S/C15H21ClN2O3S/c1-10(9-22(2)20)17-15(19)18-13-7-4-8-21-14-11(13)5-3-6-12(14)16/h3,5-6,10,13H,4,7-9H2,1-2H3,(H2,17,18,19)/t10-,13+,22-/m1/s1. The SMILES string of the molecule is C[C@H](C[S@@](C)=O)NC(=O)N[C@H]1CCCOc2c(Cl)cccc21. The summed E-state index contributed by atoms with van der Waals surface area (Å²) in [6.45, 7) is 2.42. The molecule has 2 N–H and O–H groups in total. The third kappa shape index (κ3) is 4.61. The molecule has 0 aliphatic carbocycles. The predicted octanol–water partition coefficient (Wildman–Crippen LogP) is 2.62. The quantitative estimate of drug-likeness (QED) is 0.882. The first kappa shape index (κ1) is 17.1. The van der Waals surface area contributed by atoms with Gasteiger partial charge in [-0.15, -0.1) is 0 Å². The van der Waals surface area contributed by atoms with Crippen LogP contribution in [0.25, 0.3) is 0 Å². The van der Waals surface area contributed by atoms with Gasteiger partial charge in [0.2, 0.25) is 0 Å². The number of nitrogens with one attached hydrogen (secondary N) is 2. The van der Waals surface area contributed by atoms with Gasteiger partial charge in [0.15, 0.2) is 0 Å². The van der Waals surface area contributed by atoms with Crippen molar-refractivity contribution in [3.8, 4) is 5.75 Å². The monoisotopic (exact) mass is 344 g/mol. The van der Waals surface area contributed by atoms with Gasteiger partial charge in [-0.1, -0.05) is 23.7 Å². The summed E-state index contributed by atoms with van der Waals surface area (Å²) in [6, 6.07) is 4.99. The van der Waals surface area contributed by atoms with Gasteiger partial charge in [-0.25, -0.2) is 4.79 Å². The summed E-state index contributed by atoms with van der Waals surface area (Å²) in [5, 5.41) is 6.32. The minimum Gasteiger partial charge on any atom is -0.492 e. The molecule has 1 aromatic carbocycles. The highest BCUT2D eigenvalue weighted by Gasteiger charge is 2.23. The van der Waals surface area contributed by atoms with E-state index in [2.05, 4.69) is 10.6 Å². The number of carbonyl (C=O) groups is 1. The minimum atomic E-state index is -0.941. The molecule has 0 saturated heterocycles. The van der Waals surface area contributed by atoms with Gasteiger partial charge in [0.25, 0.3) is 0 Å². The number of hydrogen-bond donors (Lipinski definition) is 2. The van der Waals surface area contributed by atoms with E-state index in [1.54, 1.807) is 12.3 Å². The van der Waals surface area contributed by atoms with Gasteiger partial charge in [-0.05, 0) is 25.8 Å². The summed E-state index contributed by atoms with van der Waals surface area (Å²) in [4.78, 5) is 12.1. The average Bonchev–Trinajstić information content (AvgIpc) is 2.61. The van der Waals surface area contributed by atoms with Crippen molar-refractivity contribution in [2.75, 3.05) is 18.6 Å². The van der Waals surface area contributed by atoms with Crippen molar-refractivity contribution >= 4 is 28.4 Å². The Balaban J connectivity index is 2.05. The molecule has 0 radical (unpaired) electrons. The molecule has 0 aromatic heterocycles. The second-order valence-electron chi connectivity index (χ2n) is 5.46. The lowest BCUT2D eigenvalue weighted by Gasteiger charge is -2.21. The van der Waals surface area contributed by atoms with Crippen LogP contribution >= 0.6 is 11.6 Å². The Morgan fingerprint density at radius 2 is 2.32 bits per heavy atom. The second-order valence-corrected chi connectivity index (χ2v) is 7.35. The van der Waals surface area contributed by atoms with Crippen LogP contribution in [0.3, 0.4) is 0 Å². The lowest BCUT2D eigenvalue weighted by atomic mass is 10.0. The Morgan fingerprint density at radius 1 is 1.55 bits per heavy atom. The average molecular weight is 345 g/mol. The first-order valence-corrected chi connectivity index (χ1v) is 9.36. The molecule has 0 fully saturated rings. The highest BCUT2D eigenvalue weighted by molar-refractivity contribution is 7.84. The number of para-hydroxylation sites is 1. The van der Waals surface area contributed by atoms with Crippen molar-refractivity contribution in [3.05, 3.63) is 28.8 Å². The summed E-state index contributed by atoms with van der Waals surface area (Å²) in [5.41, 5.74) is 0.895. The number of rotatable bonds is 4. The van der Waals surface area contributed by atoms with Crippen molar-refractivity contribution < 1.29 is 13.7 Å². The maximum Gasteiger partial charge on any atom is 0.315 e. The number of urea groups is 1. The molecule has 7 heteroatoms. The molecule has 1 aliphatic heterocycles. The van der Waals surface area contributed by atoms with E-state index in [0.29, 0.717) is 23.1 Å². The summed E-state index contributed by atoms with van der Waals surface area (Å²) in [6.07, 6.45) is 3.25. The van der Waals surface area contributed by atoms with E-state index >= 15 is 0 Å². The number of benzene rings is 1. The number of hydrogen-bond acceptors (Lipinski definition) is 3. The van der Waals surface area contributed by atoms with Crippen molar-refractivity contribution in [1.29, 1.82) is 0 Å². The molecule has 0 unspecified atom stereocenters. The lowest BCUT2D eigenvalue weighted by molar-refractivity contribution is 0.234. The van der Waals surface area contributed by atoms with Crippen LogP contribution in [0.1, 0.15) is 31.4 Å². The van der Waals surface area contributed by atoms with Crippen LogP contribution in [-0.2, 0) is 10.8 Å². The van der Waals surface area contributed by atoms with E-state index in [-0.39, 0.29) is 18.1 Å². The van der Waals surface area contributed by atoms with Gasteiger partial charge in [0.05, 0.1) is 17.7 Å². The largest absolute Gasteiger partial charge is 0.492 e. The predicted molar refractivity (Wildman–Crippen MR) is 89.0 cm³/mol. The number of amides is 2. The van der Waals surface area contributed by atoms with Gasteiger partial charge >= 0.3 is 6.03 Å². The number of ether oxygens (including phenoxy) is 1. The van der Waals surface area contributed by atoms with Crippen LogP contribution in [0.5, 0.6) is 5.75 Å².